The van der Waals surface area contributed by atoms with Crippen LogP contribution in [0, 0.1) is 5.92 Å². The van der Waals surface area contributed by atoms with E-state index in [1.807, 2.05) is 11.0 Å². The molecule has 1 aliphatic carbocycles. The summed E-state index contributed by atoms with van der Waals surface area (Å²) in [6.07, 6.45) is 7.21. The molecule has 24 heavy (non-hydrogen) atoms. The van der Waals surface area contributed by atoms with Crippen LogP contribution in [0.25, 0.3) is 0 Å². The molecule has 5 heteroatoms. The molecule has 1 heterocycles. The van der Waals surface area contributed by atoms with Gasteiger partial charge in [0.05, 0.1) is 5.56 Å². The van der Waals surface area contributed by atoms with E-state index in [-0.39, 0.29) is 18.3 Å². The molecule has 1 saturated heterocycles. The van der Waals surface area contributed by atoms with Crippen LogP contribution in [0.1, 0.15) is 55.8 Å². The Morgan fingerprint density at radius 1 is 1.21 bits per heavy atom. The van der Waals surface area contributed by atoms with Gasteiger partial charge in [-0.05, 0) is 56.7 Å². The molecule has 3 rings (SSSR count). The Hall–Kier alpha value is -1.36. The monoisotopic (exact) mass is 393 g/mol. The summed E-state index contributed by atoms with van der Waals surface area (Å²) in [7, 11) is 0. The highest BCUT2D eigenvalue weighted by Crippen LogP contribution is 2.35. The molecule has 0 aromatic heterocycles. The van der Waals surface area contributed by atoms with Crippen molar-refractivity contribution in [3.05, 3.63) is 28.2 Å². The first-order valence-corrected chi connectivity index (χ1v) is 9.58. The lowest BCUT2D eigenvalue weighted by molar-refractivity contribution is -0.139. The van der Waals surface area contributed by atoms with Crippen LogP contribution in [0.2, 0.25) is 0 Å². The fraction of sp³-hybridized carbons (Fsp3) is 0.579. The number of hydrogen-bond donors (Lipinski definition) is 0. The van der Waals surface area contributed by atoms with E-state index < -0.39 is 0 Å². The number of piperidine rings is 1. The summed E-state index contributed by atoms with van der Waals surface area (Å²) in [4.78, 5) is 26.5. The number of amides is 1. The molecule has 1 amide bonds. The normalized spacial score (nSPS) is 23.5. The molecule has 4 nitrogen and oxygen atoms in total. The molecule has 2 fully saturated rings. The Labute approximate surface area is 151 Å². The van der Waals surface area contributed by atoms with Crippen LogP contribution in [-0.4, -0.2) is 35.8 Å². The number of likely N-dealkylation sites (tertiary alicyclic amines) is 1. The molecule has 1 saturated carbocycles. The Balaban J connectivity index is 1.66. The third-order valence-electron chi connectivity index (χ3n) is 5.24. The van der Waals surface area contributed by atoms with Crippen molar-refractivity contribution >= 4 is 27.6 Å². The molecule has 2 atom stereocenters. The van der Waals surface area contributed by atoms with Crippen molar-refractivity contribution < 1.29 is 14.3 Å². The van der Waals surface area contributed by atoms with E-state index in [9.17, 15) is 9.59 Å². The van der Waals surface area contributed by atoms with Gasteiger partial charge in [0.25, 0.3) is 5.91 Å². The number of fused-ring (bicyclic) bond motifs is 1. The van der Waals surface area contributed by atoms with Gasteiger partial charge in [0.1, 0.15) is 5.75 Å². The number of carbonyl (C=O) groups excluding carboxylic acids is 2. The van der Waals surface area contributed by atoms with E-state index >= 15 is 0 Å². The Kier molecular flexibility index (Phi) is 5.59. The van der Waals surface area contributed by atoms with Crippen LogP contribution >= 0.6 is 15.9 Å². The van der Waals surface area contributed by atoms with Gasteiger partial charge >= 0.3 is 0 Å². The molecule has 130 valence electrons. The third kappa shape index (κ3) is 3.82. The van der Waals surface area contributed by atoms with Crippen LogP contribution in [0.5, 0.6) is 5.75 Å². The van der Waals surface area contributed by atoms with Gasteiger partial charge in [-0.2, -0.15) is 0 Å². The highest BCUT2D eigenvalue weighted by Gasteiger charge is 2.35. The molecule has 1 aromatic carbocycles. The van der Waals surface area contributed by atoms with Crippen LogP contribution in [0.4, 0.5) is 0 Å². The van der Waals surface area contributed by atoms with Crippen LogP contribution < -0.4 is 4.74 Å². The van der Waals surface area contributed by atoms with Gasteiger partial charge < -0.3 is 9.64 Å². The number of nitrogens with zero attached hydrogens (tertiary/aromatic N) is 1. The van der Waals surface area contributed by atoms with Crippen molar-refractivity contribution in [2.45, 2.75) is 51.5 Å². The first-order chi connectivity index (χ1) is 11.6. The van der Waals surface area contributed by atoms with Crippen molar-refractivity contribution in [3.8, 4) is 5.75 Å². The van der Waals surface area contributed by atoms with Crippen LogP contribution in [-0.2, 0) is 4.79 Å². The fourth-order valence-electron chi connectivity index (χ4n) is 4.06. The number of halogens is 1. The van der Waals surface area contributed by atoms with Gasteiger partial charge in [0, 0.05) is 17.1 Å². The fourth-order valence-corrected chi connectivity index (χ4v) is 4.42. The highest BCUT2D eigenvalue weighted by atomic mass is 79.9. The summed E-state index contributed by atoms with van der Waals surface area (Å²) in [6, 6.07) is 5.69. The number of ether oxygens (including phenoxy) is 1. The Morgan fingerprint density at radius 2 is 1.96 bits per heavy atom. The zero-order valence-corrected chi connectivity index (χ0v) is 15.7. The summed E-state index contributed by atoms with van der Waals surface area (Å²) in [5.74, 6) is 1.13. The van der Waals surface area contributed by atoms with Gasteiger partial charge in [-0.25, -0.2) is 0 Å². The van der Waals surface area contributed by atoms with E-state index in [0.29, 0.717) is 23.3 Å². The van der Waals surface area contributed by atoms with Gasteiger partial charge in [-0.15, -0.1) is 0 Å². The molecule has 0 N–H and O–H groups in total. The molecule has 0 bridgehead atoms. The molecular weight excluding hydrogens is 370 g/mol. The number of hydrogen-bond acceptors (Lipinski definition) is 3. The van der Waals surface area contributed by atoms with Crippen molar-refractivity contribution in [2.24, 2.45) is 5.92 Å². The van der Waals surface area contributed by atoms with E-state index in [1.54, 1.807) is 12.1 Å². The second-order valence-corrected chi connectivity index (χ2v) is 7.74. The molecule has 0 spiro atoms. The molecule has 2 aliphatic rings. The maximum Gasteiger partial charge on any atom is 0.260 e. The summed E-state index contributed by atoms with van der Waals surface area (Å²) < 4.78 is 6.54. The van der Waals surface area contributed by atoms with Gasteiger partial charge in [-0.3, -0.25) is 9.59 Å². The highest BCUT2D eigenvalue weighted by molar-refractivity contribution is 9.10. The van der Waals surface area contributed by atoms with Crippen molar-refractivity contribution in [1.82, 2.24) is 4.90 Å². The topological polar surface area (TPSA) is 46.6 Å². The van der Waals surface area contributed by atoms with E-state index in [4.69, 9.17) is 4.74 Å². The number of ketones is 1. The zero-order chi connectivity index (χ0) is 17.1. The predicted octanol–water partition coefficient (Wildman–Crippen LogP) is 4.21. The maximum absolute atomic E-state index is 12.7. The summed E-state index contributed by atoms with van der Waals surface area (Å²) in [5.41, 5.74) is 0.506. The van der Waals surface area contributed by atoms with Gasteiger partial charge in [0.2, 0.25) is 0 Å². The van der Waals surface area contributed by atoms with E-state index in [0.717, 1.165) is 23.9 Å². The quantitative estimate of drug-likeness (QED) is 0.719. The minimum absolute atomic E-state index is 0.00509. The molecule has 0 radical (unpaired) electrons. The van der Waals surface area contributed by atoms with Crippen molar-refractivity contribution in [1.29, 1.82) is 0 Å². The lowest BCUT2D eigenvalue weighted by Gasteiger charge is -2.44. The Bertz CT molecular complexity index is 629. The van der Waals surface area contributed by atoms with Crippen molar-refractivity contribution in [3.63, 3.8) is 0 Å². The predicted molar refractivity (Wildman–Crippen MR) is 96.3 cm³/mol. The lowest BCUT2D eigenvalue weighted by atomic mass is 9.78. The number of Topliss-reactive ketones (excluding diaryl/α,β-unsaturated/α-hetero) is 1. The molecule has 1 aromatic rings. The van der Waals surface area contributed by atoms with Crippen LogP contribution in [0.15, 0.2) is 22.7 Å². The summed E-state index contributed by atoms with van der Waals surface area (Å²) >= 11 is 3.36. The van der Waals surface area contributed by atoms with Gasteiger partial charge in [0.15, 0.2) is 12.4 Å². The molecular formula is C19H24BrNO3. The minimum atomic E-state index is -0.0657. The smallest absolute Gasteiger partial charge is 0.260 e. The van der Waals surface area contributed by atoms with Crippen LogP contribution in [0.3, 0.4) is 0 Å². The second kappa shape index (κ2) is 7.68. The molecule has 1 aliphatic heterocycles. The minimum Gasteiger partial charge on any atom is -0.483 e. The standard InChI is InChI=1S/C19H24BrNO3/c1-13(22)16-11-15(20)8-9-18(16)24-12-19(23)21-10-4-6-14-5-2-3-7-17(14)21/h8-9,11,14,17H,2-7,10,12H2,1H3/t14-,17+/m0/s1. The second-order valence-electron chi connectivity index (χ2n) is 6.83. The molecule has 0 unspecified atom stereocenters. The lowest BCUT2D eigenvalue weighted by Crippen LogP contribution is -2.51. The number of rotatable bonds is 4. The summed E-state index contributed by atoms with van der Waals surface area (Å²) in [6.45, 7) is 2.35. The van der Waals surface area contributed by atoms with Gasteiger partial charge in [-0.1, -0.05) is 28.8 Å². The average molecular weight is 394 g/mol. The van der Waals surface area contributed by atoms with Crippen molar-refractivity contribution in [2.75, 3.05) is 13.2 Å². The first-order valence-electron chi connectivity index (χ1n) is 8.79. The maximum atomic E-state index is 12.7. The first kappa shape index (κ1) is 17.5. The third-order valence-corrected chi connectivity index (χ3v) is 5.73. The number of carbonyl (C=O) groups is 2. The SMILES string of the molecule is CC(=O)c1cc(Br)ccc1OCC(=O)N1CCC[C@@H]2CCCC[C@H]21. The van der Waals surface area contributed by atoms with E-state index in [2.05, 4.69) is 15.9 Å². The zero-order valence-electron chi connectivity index (χ0n) is 14.1. The largest absolute Gasteiger partial charge is 0.483 e. The Morgan fingerprint density at radius 3 is 2.75 bits per heavy atom. The summed E-state index contributed by atoms with van der Waals surface area (Å²) in [5, 5.41) is 0. The van der Waals surface area contributed by atoms with E-state index in [1.165, 1.54) is 32.6 Å². The number of benzene rings is 1. The average Bonchev–Trinajstić information content (AvgIpc) is 2.59.